The van der Waals surface area contributed by atoms with Gasteiger partial charge < -0.3 is 19.5 Å². The van der Waals surface area contributed by atoms with Gasteiger partial charge >= 0.3 is 0 Å². The highest BCUT2D eigenvalue weighted by atomic mass is 16.5. The Morgan fingerprint density at radius 1 is 1.17 bits per heavy atom. The summed E-state index contributed by atoms with van der Waals surface area (Å²) in [5, 5.41) is 6.48. The Kier molecular flexibility index (Phi) is 7.24. The number of piperazine rings is 1. The normalized spacial score (nSPS) is 14.6. The van der Waals surface area contributed by atoms with Crippen molar-refractivity contribution in [2.45, 2.75) is 26.7 Å². The second-order valence-corrected chi connectivity index (χ2v) is 7.10. The average molecular weight is 400 g/mol. The molecule has 0 saturated carbocycles. The molecule has 0 atom stereocenters. The van der Waals surface area contributed by atoms with Gasteiger partial charge in [-0.2, -0.15) is 0 Å². The predicted octanol–water partition coefficient (Wildman–Crippen LogP) is 2.10. The molecule has 1 aromatic carbocycles. The number of nitrogens with one attached hydrogen (secondary N) is 1. The molecule has 156 valence electrons. The zero-order valence-corrected chi connectivity index (χ0v) is 17.0. The van der Waals surface area contributed by atoms with Crippen LogP contribution in [0.3, 0.4) is 0 Å². The molecule has 1 saturated heterocycles. The number of rotatable bonds is 8. The maximum absolute atomic E-state index is 12.5. The smallest absolute Gasteiger partial charge is 0.239 e. The molecule has 1 N–H and O–H groups in total. The Labute approximate surface area is 170 Å². The van der Waals surface area contributed by atoms with Crippen LogP contribution in [0.25, 0.3) is 0 Å². The Bertz CT molecular complexity index is 810. The molecule has 1 aliphatic rings. The fraction of sp³-hybridized carbons (Fsp3) is 0.476. The number of benzene rings is 1. The minimum atomic E-state index is -0.131. The zero-order chi connectivity index (χ0) is 20.6. The van der Waals surface area contributed by atoms with Crippen molar-refractivity contribution < 1.29 is 18.8 Å². The number of nitrogens with zero attached hydrogens (tertiary/aromatic N) is 3. The van der Waals surface area contributed by atoms with Crippen molar-refractivity contribution in [1.82, 2.24) is 15.0 Å². The van der Waals surface area contributed by atoms with E-state index in [0.717, 1.165) is 11.3 Å². The van der Waals surface area contributed by atoms with Crippen molar-refractivity contribution in [2.75, 3.05) is 44.6 Å². The lowest BCUT2D eigenvalue weighted by molar-refractivity contribution is -0.133. The Morgan fingerprint density at radius 3 is 2.52 bits per heavy atom. The number of aromatic nitrogens is 1. The number of hydrogen-bond donors (Lipinski definition) is 1. The third kappa shape index (κ3) is 6.32. The fourth-order valence-corrected chi connectivity index (χ4v) is 3.29. The molecule has 0 radical (unpaired) electrons. The largest absolute Gasteiger partial charge is 0.494 e. The summed E-state index contributed by atoms with van der Waals surface area (Å²) in [5.74, 6) is 1.95. The summed E-state index contributed by atoms with van der Waals surface area (Å²) in [4.78, 5) is 28.5. The van der Waals surface area contributed by atoms with E-state index in [2.05, 4.69) is 10.5 Å². The van der Waals surface area contributed by atoms with Gasteiger partial charge in [0.1, 0.15) is 11.5 Å². The van der Waals surface area contributed by atoms with E-state index in [1.807, 2.05) is 41.0 Å². The van der Waals surface area contributed by atoms with E-state index >= 15 is 0 Å². The first kappa shape index (κ1) is 20.9. The minimum absolute atomic E-state index is 0.131. The molecule has 2 aromatic rings. The van der Waals surface area contributed by atoms with Crippen molar-refractivity contribution in [3.8, 4) is 5.75 Å². The van der Waals surface area contributed by atoms with Crippen LogP contribution in [0, 0.1) is 6.92 Å². The second kappa shape index (κ2) is 10.1. The van der Waals surface area contributed by atoms with Gasteiger partial charge in [-0.1, -0.05) is 17.3 Å². The third-order valence-corrected chi connectivity index (χ3v) is 4.85. The number of ether oxygens (including phenoxy) is 1. The van der Waals surface area contributed by atoms with Crippen molar-refractivity contribution in [1.29, 1.82) is 0 Å². The molecule has 8 heteroatoms. The summed E-state index contributed by atoms with van der Waals surface area (Å²) in [6, 6.07) is 9.57. The molecule has 29 heavy (non-hydrogen) atoms. The first-order valence-electron chi connectivity index (χ1n) is 9.98. The van der Waals surface area contributed by atoms with Crippen molar-refractivity contribution in [3.63, 3.8) is 0 Å². The van der Waals surface area contributed by atoms with Gasteiger partial charge in [-0.15, -0.1) is 0 Å². The molecular weight excluding hydrogens is 372 g/mol. The molecule has 8 nitrogen and oxygen atoms in total. The molecule has 0 aliphatic carbocycles. The number of anilines is 1. The van der Waals surface area contributed by atoms with Crippen LogP contribution >= 0.6 is 0 Å². The van der Waals surface area contributed by atoms with E-state index in [-0.39, 0.29) is 18.4 Å². The van der Waals surface area contributed by atoms with Gasteiger partial charge in [-0.3, -0.25) is 14.5 Å². The molecular formula is C21H28N4O4. The number of aryl methyl sites for hydroxylation is 2. The van der Waals surface area contributed by atoms with Gasteiger partial charge in [0.2, 0.25) is 11.8 Å². The zero-order valence-electron chi connectivity index (χ0n) is 17.0. The van der Waals surface area contributed by atoms with Gasteiger partial charge in [-0.25, -0.2) is 0 Å². The topological polar surface area (TPSA) is 87.9 Å². The fourth-order valence-electron chi connectivity index (χ4n) is 3.29. The summed E-state index contributed by atoms with van der Waals surface area (Å²) in [7, 11) is 0. The molecule has 1 aliphatic heterocycles. The van der Waals surface area contributed by atoms with Crippen LogP contribution in [0.2, 0.25) is 0 Å². The summed E-state index contributed by atoms with van der Waals surface area (Å²) in [6.07, 6.45) is 1.20. The van der Waals surface area contributed by atoms with Crippen LogP contribution in [0.15, 0.2) is 34.9 Å². The molecule has 1 fully saturated rings. The van der Waals surface area contributed by atoms with Gasteiger partial charge in [0.05, 0.1) is 13.2 Å². The molecule has 0 bridgehead atoms. The van der Waals surface area contributed by atoms with Gasteiger partial charge in [0, 0.05) is 38.7 Å². The van der Waals surface area contributed by atoms with Gasteiger partial charge in [0.15, 0.2) is 5.82 Å². The molecule has 2 heterocycles. The van der Waals surface area contributed by atoms with Crippen molar-refractivity contribution in [3.05, 3.63) is 41.7 Å². The molecule has 2 amide bonds. The molecule has 0 spiro atoms. The van der Waals surface area contributed by atoms with E-state index in [4.69, 9.17) is 9.26 Å². The molecule has 1 aromatic heterocycles. The average Bonchev–Trinajstić information content (AvgIpc) is 3.12. The summed E-state index contributed by atoms with van der Waals surface area (Å²) >= 11 is 0. The first-order chi connectivity index (χ1) is 14.0. The van der Waals surface area contributed by atoms with E-state index in [9.17, 15) is 9.59 Å². The number of carbonyl (C=O) groups excluding carboxylic acids is 2. The monoisotopic (exact) mass is 400 g/mol. The summed E-state index contributed by atoms with van der Waals surface area (Å²) < 4.78 is 10.4. The van der Waals surface area contributed by atoms with Gasteiger partial charge in [-0.05, 0) is 38.0 Å². The standard InChI is InChI=1S/C21H28N4O4/c1-3-28-18-7-4-17(5-8-18)6-9-21(27)25-12-10-24(11-13-25)15-20(26)22-19-14-16(2)29-23-19/h4-5,7-8,14H,3,6,9-13,15H2,1-2H3,(H,22,23,26). The van der Waals surface area contributed by atoms with Crippen molar-refractivity contribution in [2.24, 2.45) is 0 Å². The van der Waals surface area contributed by atoms with Crippen LogP contribution in [0.4, 0.5) is 5.82 Å². The molecule has 0 unspecified atom stereocenters. The van der Waals surface area contributed by atoms with E-state index in [0.29, 0.717) is 57.2 Å². The predicted molar refractivity (Wildman–Crippen MR) is 109 cm³/mol. The second-order valence-electron chi connectivity index (χ2n) is 7.10. The van der Waals surface area contributed by atoms with Crippen LogP contribution in [-0.2, 0) is 16.0 Å². The quantitative estimate of drug-likeness (QED) is 0.730. The maximum atomic E-state index is 12.5. The van der Waals surface area contributed by atoms with Crippen LogP contribution in [0.1, 0.15) is 24.7 Å². The lowest BCUT2D eigenvalue weighted by atomic mass is 10.1. The lowest BCUT2D eigenvalue weighted by Crippen LogP contribution is -2.50. The number of amides is 2. The van der Waals surface area contributed by atoms with Crippen LogP contribution < -0.4 is 10.1 Å². The first-order valence-corrected chi connectivity index (χ1v) is 9.98. The van der Waals surface area contributed by atoms with E-state index < -0.39 is 0 Å². The number of carbonyl (C=O) groups is 2. The van der Waals surface area contributed by atoms with Crippen LogP contribution in [0.5, 0.6) is 5.75 Å². The summed E-state index contributed by atoms with van der Waals surface area (Å²) in [6.45, 7) is 7.29. The summed E-state index contributed by atoms with van der Waals surface area (Å²) in [5.41, 5.74) is 1.13. The van der Waals surface area contributed by atoms with Crippen molar-refractivity contribution >= 4 is 17.6 Å². The Morgan fingerprint density at radius 2 is 1.90 bits per heavy atom. The third-order valence-electron chi connectivity index (χ3n) is 4.85. The van der Waals surface area contributed by atoms with Gasteiger partial charge in [0.25, 0.3) is 0 Å². The Hall–Kier alpha value is -2.87. The maximum Gasteiger partial charge on any atom is 0.239 e. The highest BCUT2D eigenvalue weighted by Gasteiger charge is 2.22. The van der Waals surface area contributed by atoms with E-state index in [1.54, 1.807) is 13.0 Å². The van der Waals surface area contributed by atoms with Crippen LogP contribution in [-0.4, -0.2) is 66.1 Å². The number of hydrogen-bond acceptors (Lipinski definition) is 6. The molecule has 3 rings (SSSR count). The van der Waals surface area contributed by atoms with E-state index in [1.165, 1.54) is 0 Å². The lowest BCUT2D eigenvalue weighted by Gasteiger charge is -2.34. The highest BCUT2D eigenvalue weighted by molar-refractivity contribution is 5.91. The Balaban J connectivity index is 1.37. The SMILES string of the molecule is CCOc1ccc(CCC(=O)N2CCN(CC(=O)Nc3cc(C)on3)CC2)cc1. The highest BCUT2D eigenvalue weighted by Crippen LogP contribution is 2.14. The minimum Gasteiger partial charge on any atom is -0.494 e.